The Morgan fingerprint density at radius 3 is 2.23 bits per heavy atom. The maximum Gasteiger partial charge on any atom is 0.337 e. The van der Waals surface area contributed by atoms with Gasteiger partial charge in [-0.1, -0.05) is 18.2 Å². The third kappa shape index (κ3) is 4.05. The van der Waals surface area contributed by atoms with Crippen LogP contribution in [0.2, 0.25) is 0 Å². The molecule has 0 aliphatic heterocycles. The summed E-state index contributed by atoms with van der Waals surface area (Å²) in [4.78, 5) is 23.7. The van der Waals surface area contributed by atoms with E-state index in [4.69, 9.17) is 4.74 Å². The van der Waals surface area contributed by atoms with Gasteiger partial charge in [-0.15, -0.1) is 0 Å². The molecule has 0 bridgehead atoms. The molecule has 0 aromatic heterocycles. The van der Waals surface area contributed by atoms with Crippen LogP contribution >= 0.6 is 0 Å². The molecule has 2 N–H and O–H groups in total. The predicted molar refractivity (Wildman–Crippen MR) is 94.3 cm³/mol. The van der Waals surface area contributed by atoms with Gasteiger partial charge in [0.15, 0.2) is 0 Å². The van der Waals surface area contributed by atoms with Crippen molar-refractivity contribution >= 4 is 17.6 Å². The summed E-state index contributed by atoms with van der Waals surface area (Å²) < 4.78 is 18.6. The SMILES string of the molecule is O=C(Nc1cc(Oc2ccccc2)ccc1C(=O)O)c1ccc(F)cc1. The Morgan fingerprint density at radius 1 is 0.885 bits per heavy atom. The first-order valence-electron chi connectivity index (χ1n) is 7.70. The number of carboxylic acids is 1. The van der Waals surface area contributed by atoms with Crippen molar-refractivity contribution < 1.29 is 23.8 Å². The molecule has 0 aliphatic carbocycles. The Morgan fingerprint density at radius 2 is 1.58 bits per heavy atom. The quantitative estimate of drug-likeness (QED) is 0.706. The highest BCUT2D eigenvalue weighted by Gasteiger charge is 2.15. The number of aromatic carboxylic acids is 1. The Bertz CT molecular complexity index is 940. The van der Waals surface area contributed by atoms with Gasteiger partial charge in [-0.3, -0.25) is 4.79 Å². The Hall–Kier alpha value is -3.67. The third-order valence-corrected chi connectivity index (χ3v) is 3.55. The second-order valence-corrected chi connectivity index (χ2v) is 5.39. The van der Waals surface area contributed by atoms with Gasteiger partial charge in [0.2, 0.25) is 0 Å². The highest BCUT2D eigenvalue weighted by atomic mass is 19.1. The van der Waals surface area contributed by atoms with E-state index in [1.54, 1.807) is 24.3 Å². The van der Waals surface area contributed by atoms with Crippen LogP contribution in [0.3, 0.4) is 0 Å². The Labute approximate surface area is 148 Å². The van der Waals surface area contributed by atoms with Crippen molar-refractivity contribution in [3.05, 3.63) is 89.7 Å². The van der Waals surface area contributed by atoms with E-state index < -0.39 is 17.7 Å². The van der Waals surface area contributed by atoms with Crippen molar-refractivity contribution in [2.75, 3.05) is 5.32 Å². The molecule has 6 heteroatoms. The van der Waals surface area contributed by atoms with Crippen LogP contribution in [0.5, 0.6) is 11.5 Å². The molecular weight excluding hydrogens is 337 g/mol. The Balaban J connectivity index is 1.88. The topological polar surface area (TPSA) is 75.6 Å². The molecule has 0 saturated heterocycles. The number of halogens is 1. The van der Waals surface area contributed by atoms with Gasteiger partial charge < -0.3 is 15.2 Å². The van der Waals surface area contributed by atoms with Gasteiger partial charge in [-0.05, 0) is 48.5 Å². The van der Waals surface area contributed by atoms with Crippen molar-refractivity contribution in [3.8, 4) is 11.5 Å². The average Bonchev–Trinajstić information content (AvgIpc) is 2.63. The molecule has 130 valence electrons. The van der Waals surface area contributed by atoms with Gasteiger partial charge in [-0.25, -0.2) is 9.18 Å². The van der Waals surface area contributed by atoms with Crippen LogP contribution in [0.4, 0.5) is 10.1 Å². The van der Waals surface area contributed by atoms with E-state index in [2.05, 4.69) is 5.32 Å². The molecule has 0 spiro atoms. The van der Waals surface area contributed by atoms with Gasteiger partial charge in [0.1, 0.15) is 17.3 Å². The van der Waals surface area contributed by atoms with E-state index in [0.717, 1.165) is 12.1 Å². The molecule has 0 fully saturated rings. The van der Waals surface area contributed by atoms with Crippen molar-refractivity contribution in [1.82, 2.24) is 0 Å². The van der Waals surface area contributed by atoms with Gasteiger partial charge >= 0.3 is 5.97 Å². The summed E-state index contributed by atoms with van der Waals surface area (Å²) in [6, 6.07) is 18.2. The van der Waals surface area contributed by atoms with E-state index in [0.29, 0.717) is 11.5 Å². The maximum absolute atomic E-state index is 13.0. The number of rotatable bonds is 5. The number of anilines is 1. The third-order valence-electron chi connectivity index (χ3n) is 3.55. The molecule has 0 aliphatic rings. The number of para-hydroxylation sites is 1. The molecule has 26 heavy (non-hydrogen) atoms. The number of hydrogen-bond acceptors (Lipinski definition) is 3. The summed E-state index contributed by atoms with van der Waals surface area (Å²) >= 11 is 0. The highest BCUT2D eigenvalue weighted by Crippen LogP contribution is 2.27. The molecule has 1 amide bonds. The van der Waals surface area contributed by atoms with Crippen molar-refractivity contribution in [3.63, 3.8) is 0 Å². The molecule has 0 atom stereocenters. The summed E-state index contributed by atoms with van der Waals surface area (Å²) in [7, 11) is 0. The van der Waals surface area contributed by atoms with Gasteiger partial charge in [-0.2, -0.15) is 0 Å². The number of amides is 1. The molecule has 3 rings (SSSR count). The zero-order chi connectivity index (χ0) is 18.5. The lowest BCUT2D eigenvalue weighted by atomic mass is 10.1. The molecule has 0 saturated carbocycles. The minimum atomic E-state index is -1.19. The van der Waals surface area contributed by atoms with E-state index >= 15 is 0 Å². The summed E-state index contributed by atoms with van der Waals surface area (Å²) in [5, 5.41) is 11.9. The first kappa shape index (κ1) is 17.2. The number of benzene rings is 3. The van der Waals surface area contributed by atoms with Crippen LogP contribution in [-0.2, 0) is 0 Å². The van der Waals surface area contributed by atoms with E-state index in [1.807, 2.05) is 6.07 Å². The van der Waals surface area contributed by atoms with Crippen LogP contribution in [0.1, 0.15) is 20.7 Å². The lowest BCUT2D eigenvalue weighted by molar-refractivity contribution is 0.0698. The maximum atomic E-state index is 13.0. The van der Waals surface area contributed by atoms with Crippen molar-refractivity contribution in [2.24, 2.45) is 0 Å². The second kappa shape index (κ2) is 7.48. The fourth-order valence-corrected chi connectivity index (χ4v) is 2.30. The number of carbonyl (C=O) groups is 2. The van der Waals surface area contributed by atoms with E-state index in [-0.39, 0.29) is 16.8 Å². The van der Waals surface area contributed by atoms with Gasteiger partial charge in [0.25, 0.3) is 5.91 Å². The molecule has 5 nitrogen and oxygen atoms in total. The van der Waals surface area contributed by atoms with Gasteiger partial charge in [0, 0.05) is 11.6 Å². The van der Waals surface area contributed by atoms with Crippen LogP contribution in [0.15, 0.2) is 72.8 Å². The fourth-order valence-electron chi connectivity index (χ4n) is 2.30. The predicted octanol–water partition coefficient (Wildman–Crippen LogP) is 4.57. The zero-order valence-corrected chi connectivity index (χ0v) is 13.5. The van der Waals surface area contributed by atoms with E-state index in [9.17, 15) is 19.1 Å². The van der Waals surface area contributed by atoms with Crippen molar-refractivity contribution in [1.29, 1.82) is 0 Å². The number of nitrogens with one attached hydrogen (secondary N) is 1. The minimum Gasteiger partial charge on any atom is -0.478 e. The normalized spacial score (nSPS) is 10.2. The highest BCUT2D eigenvalue weighted by molar-refractivity contribution is 6.07. The molecule has 0 heterocycles. The molecule has 3 aromatic carbocycles. The Kier molecular flexibility index (Phi) is 4.94. The van der Waals surface area contributed by atoms with Crippen LogP contribution in [-0.4, -0.2) is 17.0 Å². The molecule has 0 unspecified atom stereocenters. The first-order valence-corrected chi connectivity index (χ1v) is 7.70. The molecular formula is C20H14FNO4. The summed E-state index contributed by atoms with van der Waals surface area (Å²) in [6.07, 6.45) is 0. The number of carbonyl (C=O) groups excluding carboxylic acids is 1. The fraction of sp³-hybridized carbons (Fsp3) is 0. The average molecular weight is 351 g/mol. The lowest BCUT2D eigenvalue weighted by Gasteiger charge is -2.12. The zero-order valence-electron chi connectivity index (χ0n) is 13.5. The number of ether oxygens (including phenoxy) is 1. The van der Waals surface area contributed by atoms with Crippen LogP contribution in [0.25, 0.3) is 0 Å². The van der Waals surface area contributed by atoms with Crippen LogP contribution in [0, 0.1) is 5.82 Å². The minimum absolute atomic E-state index is 0.0825. The molecule has 3 aromatic rings. The number of hydrogen-bond donors (Lipinski definition) is 2. The summed E-state index contributed by atoms with van der Waals surface area (Å²) in [5.74, 6) is -1.26. The lowest BCUT2D eigenvalue weighted by Crippen LogP contribution is -2.15. The van der Waals surface area contributed by atoms with Gasteiger partial charge in [0.05, 0.1) is 11.3 Å². The monoisotopic (exact) mass is 351 g/mol. The number of carboxylic acid groups (broad SMARTS) is 1. The van der Waals surface area contributed by atoms with Crippen molar-refractivity contribution in [2.45, 2.75) is 0 Å². The molecule has 0 radical (unpaired) electrons. The standard InChI is InChI=1S/C20H14FNO4/c21-14-8-6-13(7-9-14)19(23)22-18-12-16(10-11-17(18)20(24)25)26-15-4-2-1-3-5-15/h1-12H,(H,22,23)(H,24,25). The van der Waals surface area contributed by atoms with E-state index in [1.165, 1.54) is 30.3 Å². The first-order chi connectivity index (χ1) is 12.5. The summed E-state index contributed by atoms with van der Waals surface area (Å²) in [6.45, 7) is 0. The largest absolute Gasteiger partial charge is 0.478 e. The summed E-state index contributed by atoms with van der Waals surface area (Å²) in [5.41, 5.74) is 0.207. The van der Waals surface area contributed by atoms with Crippen LogP contribution < -0.4 is 10.1 Å². The second-order valence-electron chi connectivity index (χ2n) is 5.39. The smallest absolute Gasteiger partial charge is 0.337 e.